The Bertz CT molecular complexity index is 501. The molecule has 0 aromatic rings. The molecule has 27 heavy (non-hydrogen) atoms. The fourth-order valence-electron chi connectivity index (χ4n) is 4.46. The van der Waals surface area contributed by atoms with E-state index < -0.39 is 0 Å². The lowest BCUT2D eigenvalue weighted by Crippen LogP contribution is -2.55. The number of carbonyl (C=O) groups is 2. The van der Waals surface area contributed by atoms with E-state index in [1.54, 1.807) is 0 Å². The van der Waals surface area contributed by atoms with E-state index in [0.29, 0.717) is 42.8 Å². The molecule has 2 aliphatic heterocycles. The second kappa shape index (κ2) is 9.87. The summed E-state index contributed by atoms with van der Waals surface area (Å²) in [5, 5.41) is 3.09. The first-order chi connectivity index (χ1) is 13.0. The van der Waals surface area contributed by atoms with Crippen LogP contribution < -0.4 is 5.32 Å². The lowest BCUT2D eigenvalue weighted by atomic mass is 9.98. The van der Waals surface area contributed by atoms with Gasteiger partial charge in [0.1, 0.15) is 0 Å². The van der Waals surface area contributed by atoms with Crippen molar-refractivity contribution >= 4 is 11.8 Å². The third-order valence-corrected chi connectivity index (χ3v) is 6.05. The van der Waals surface area contributed by atoms with Gasteiger partial charge in [-0.15, -0.1) is 0 Å². The number of hydrogen-bond acceptors (Lipinski definition) is 4. The minimum atomic E-state index is 0.145. The van der Waals surface area contributed by atoms with Crippen LogP contribution in [0.4, 0.5) is 0 Å². The summed E-state index contributed by atoms with van der Waals surface area (Å²) in [7, 11) is 0. The van der Waals surface area contributed by atoms with Crippen LogP contribution in [0.1, 0.15) is 58.8 Å². The highest BCUT2D eigenvalue weighted by atomic mass is 16.5. The summed E-state index contributed by atoms with van der Waals surface area (Å²) >= 11 is 0. The molecule has 2 saturated heterocycles. The molecule has 2 amide bonds. The molecule has 154 valence electrons. The molecule has 0 aromatic carbocycles. The highest BCUT2D eigenvalue weighted by Gasteiger charge is 2.37. The number of amides is 2. The van der Waals surface area contributed by atoms with Crippen molar-refractivity contribution in [3.63, 3.8) is 0 Å². The Labute approximate surface area is 164 Å². The SMILES string of the molecule is CC(C)CC(=O)NCCN(C1CCOCC1)C1CCCN(C(=O)C2CC2)C1. The molecule has 1 atom stereocenters. The van der Waals surface area contributed by atoms with Crippen LogP contribution in [0.25, 0.3) is 0 Å². The van der Waals surface area contributed by atoms with Gasteiger partial charge in [-0.05, 0) is 44.4 Å². The van der Waals surface area contributed by atoms with Crippen LogP contribution in [0.2, 0.25) is 0 Å². The van der Waals surface area contributed by atoms with Crippen LogP contribution in [0.5, 0.6) is 0 Å². The number of hydrogen-bond donors (Lipinski definition) is 1. The molecule has 3 rings (SSSR count). The van der Waals surface area contributed by atoms with Gasteiger partial charge in [-0.3, -0.25) is 14.5 Å². The second-order valence-electron chi connectivity index (χ2n) is 8.88. The van der Waals surface area contributed by atoms with Gasteiger partial charge in [0.05, 0.1) is 0 Å². The van der Waals surface area contributed by atoms with Crippen LogP contribution in [0.3, 0.4) is 0 Å². The lowest BCUT2D eigenvalue weighted by molar-refractivity contribution is -0.135. The molecule has 0 radical (unpaired) electrons. The molecule has 3 fully saturated rings. The number of nitrogens with zero attached hydrogens (tertiary/aromatic N) is 2. The van der Waals surface area contributed by atoms with Gasteiger partial charge in [0.25, 0.3) is 0 Å². The van der Waals surface area contributed by atoms with Crippen molar-refractivity contribution in [1.82, 2.24) is 15.1 Å². The first-order valence-electron chi connectivity index (χ1n) is 10.9. The van der Waals surface area contributed by atoms with Crippen molar-refractivity contribution in [3.8, 4) is 0 Å². The Balaban J connectivity index is 1.56. The minimum absolute atomic E-state index is 0.145. The molecule has 6 nitrogen and oxygen atoms in total. The zero-order chi connectivity index (χ0) is 19.2. The third-order valence-electron chi connectivity index (χ3n) is 6.05. The molecule has 1 N–H and O–H groups in total. The summed E-state index contributed by atoms with van der Waals surface area (Å²) in [5.74, 6) is 1.20. The first-order valence-corrected chi connectivity index (χ1v) is 10.9. The van der Waals surface area contributed by atoms with E-state index in [2.05, 4.69) is 29.0 Å². The largest absolute Gasteiger partial charge is 0.381 e. The molecule has 1 unspecified atom stereocenters. The molecule has 1 aliphatic carbocycles. The molecule has 0 spiro atoms. The number of rotatable bonds is 8. The van der Waals surface area contributed by atoms with Crippen LogP contribution in [-0.2, 0) is 14.3 Å². The predicted octanol–water partition coefficient (Wildman–Crippen LogP) is 2.03. The van der Waals surface area contributed by atoms with Crippen molar-refractivity contribution in [2.75, 3.05) is 39.4 Å². The van der Waals surface area contributed by atoms with Crippen molar-refractivity contribution in [1.29, 1.82) is 0 Å². The van der Waals surface area contributed by atoms with E-state index in [-0.39, 0.29) is 5.91 Å². The molecular weight excluding hydrogens is 342 g/mol. The predicted molar refractivity (Wildman–Crippen MR) is 105 cm³/mol. The molecule has 0 aromatic heterocycles. The Morgan fingerprint density at radius 3 is 2.52 bits per heavy atom. The van der Waals surface area contributed by atoms with Crippen molar-refractivity contribution in [3.05, 3.63) is 0 Å². The van der Waals surface area contributed by atoms with Gasteiger partial charge in [0, 0.05) is 63.8 Å². The van der Waals surface area contributed by atoms with E-state index in [4.69, 9.17) is 4.74 Å². The minimum Gasteiger partial charge on any atom is -0.381 e. The zero-order valence-electron chi connectivity index (χ0n) is 17.1. The summed E-state index contributed by atoms with van der Waals surface area (Å²) in [6.07, 6.45) is 7.07. The Hall–Kier alpha value is -1.14. The summed E-state index contributed by atoms with van der Waals surface area (Å²) in [5.41, 5.74) is 0. The topological polar surface area (TPSA) is 61.9 Å². The number of piperidine rings is 1. The maximum atomic E-state index is 12.5. The second-order valence-corrected chi connectivity index (χ2v) is 8.88. The van der Waals surface area contributed by atoms with E-state index in [0.717, 1.165) is 71.4 Å². The van der Waals surface area contributed by atoms with Gasteiger partial charge in [0.15, 0.2) is 0 Å². The molecule has 0 bridgehead atoms. The van der Waals surface area contributed by atoms with Gasteiger partial charge < -0.3 is 15.0 Å². The molecule has 6 heteroatoms. The van der Waals surface area contributed by atoms with Gasteiger partial charge in [-0.25, -0.2) is 0 Å². The highest BCUT2D eigenvalue weighted by Crippen LogP contribution is 2.32. The van der Waals surface area contributed by atoms with Gasteiger partial charge >= 0.3 is 0 Å². The molecule has 2 heterocycles. The smallest absolute Gasteiger partial charge is 0.225 e. The fraction of sp³-hybridized carbons (Fsp3) is 0.905. The summed E-state index contributed by atoms with van der Waals surface area (Å²) < 4.78 is 5.56. The van der Waals surface area contributed by atoms with Crippen molar-refractivity contribution < 1.29 is 14.3 Å². The van der Waals surface area contributed by atoms with E-state index in [1.165, 1.54) is 0 Å². The summed E-state index contributed by atoms with van der Waals surface area (Å²) in [4.78, 5) is 29.2. The van der Waals surface area contributed by atoms with Gasteiger partial charge in [0.2, 0.25) is 11.8 Å². The summed E-state index contributed by atoms with van der Waals surface area (Å²) in [6.45, 7) is 9.10. The molecule has 1 saturated carbocycles. The fourth-order valence-corrected chi connectivity index (χ4v) is 4.46. The Morgan fingerprint density at radius 2 is 1.85 bits per heavy atom. The number of carbonyl (C=O) groups excluding carboxylic acids is 2. The highest BCUT2D eigenvalue weighted by molar-refractivity contribution is 5.81. The van der Waals surface area contributed by atoms with Crippen molar-refractivity contribution in [2.24, 2.45) is 11.8 Å². The Kier molecular flexibility index (Phi) is 7.53. The van der Waals surface area contributed by atoms with Crippen LogP contribution in [0, 0.1) is 11.8 Å². The van der Waals surface area contributed by atoms with Crippen LogP contribution in [0.15, 0.2) is 0 Å². The van der Waals surface area contributed by atoms with E-state index >= 15 is 0 Å². The number of likely N-dealkylation sites (tertiary alicyclic amines) is 1. The van der Waals surface area contributed by atoms with Gasteiger partial charge in [-0.1, -0.05) is 13.8 Å². The first kappa shape index (κ1) is 20.6. The van der Waals surface area contributed by atoms with Crippen molar-refractivity contribution in [2.45, 2.75) is 70.9 Å². The van der Waals surface area contributed by atoms with Crippen LogP contribution >= 0.6 is 0 Å². The number of ether oxygens (including phenoxy) is 1. The molecular formula is C21H37N3O3. The average molecular weight is 380 g/mol. The molecule has 3 aliphatic rings. The average Bonchev–Trinajstić information content (AvgIpc) is 3.50. The maximum Gasteiger partial charge on any atom is 0.225 e. The zero-order valence-corrected chi connectivity index (χ0v) is 17.1. The van der Waals surface area contributed by atoms with E-state index in [1.807, 2.05) is 0 Å². The standard InChI is InChI=1S/C21H37N3O3/c1-16(2)14-20(25)22-9-11-24(18-7-12-27-13-8-18)19-4-3-10-23(15-19)21(26)17-5-6-17/h16-19H,3-15H2,1-2H3,(H,22,25). The van der Waals surface area contributed by atoms with Crippen LogP contribution in [-0.4, -0.2) is 73.1 Å². The van der Waals surface area contributed by atoms with E-state index in [9.17, 15) is 9.59 Å². The monoisotopic (exact) mass is 379 g/mol. The normalized spacial score (nSPS) is 24.4. The number of nitrogens with one attached hydrogen (secondary N) is 1. The summed E-state index contributed by atoms with van der Waals surface area (Å²) in [6, 6.07) is 0.910. The maximum absolute atomic E-state index is 12.5. The Morgan fingerprint density at radius 1 is 1.11 bits per heavy atom. The lowest BCUT2D eigenvalue weighted by Gasteiger charge is -2.44. The third kappa shape index (κ3) is 6.18. The quantitative estimate of drug-likeness (QED) is 0.701. The van der Waals surface area contributed by atoms with Gasteiger partial charge in [-0.2, -0.15) is 0 Å².